The molecule has 2 aliphatic rings. The van der Waals surface area contributed by atoms with E-state index in [4.69, 9.17) is 4.98 Å². The normalized spacial score (nSPS) is 18.0. The van der Waals surface area contributed by atoms with Crippen LogP contribution >= 0.6 is 0 Å². The predicted molar refractivity (Wildman–Crippen MR) is 132 cm³/mol. The van der Waals surface area contributed by atoms with Gasteiger partial charge in [-0.1, -0.05) is 0 Å². The number of hydrogen-bond acceptors (Lipinski definition) is 9. The first-order valence-electron chi connectivity index (χ1n) is 11.7. The largest absolute Gasteiger partial charge is 0.364 e. The molecule has 0 aromatic carbocycles. The maximum Gasteiger partial charge on any atom is 0.230 e. The molecule has 1 atom stereocenters. The number of rotatable bonds is 6. The topological polar surface area (TPSA) is 120 Å². The average Bonchev–Trinajstić information content (AvgIpc) is 3.59. The van der Waals surface area contributed by atoms with Gasteiger partial charge in [0, 0.05) is 44.5 Å². The second-order valence-electron chi connectivity index (χ2n) is 9.22. The van der Waals surface area contributed by atoms with Crippen LogP contribution in [0.25, 0.3) is 0 Å². The molecule has 4 heterocycles. The molecule has 1 saturated carbocycles. The van der Waals surface area contributed by atoms with Gasteiger partial charge < -0.3 is 20.9 Å². The van der Waals surface area contributed by atoms with E-state index in [1.807, 2.05) is 43.9 Å². The van der Waals surface area contributed by atoms with E-state index < -0.39 is 0 Å². The monoisotopic (exact) mass is 458 g/mol. The summed E-state index contributed by atoms with van der Waals surface area (Å²) >= 11 is 0. The minimum Gasteiger partial charge on any atom is -0.364 e. The summed E-state index contributed by atoms with van der Waals surface area (Å²) in [6.07, 6.45) is 4.08. The number of nitrogens with zero attached hydrogens (tertiary/aromatic N) is 7. The smallest absolute Gasteiger partial charge is 0.230 e. The minimum atomic E-state index is 0.378. The molecule has 3 aromatic rings. The molecule has 3 N–H and O–H groups in total. The highest BCUT2D eigenvalue weighted by Gasteiger charge is 2.28. The quantitative estimate of drug-likeness (QED) is 0.511. The van der Waals surface area contributed by atoms with E-state index >= 15 is 0 Å². The summed E-state index contributed by atoms with van der Waals surface area (Å²) in [6.45, 7) is 8.71. The Morgan fingerprint density at radius 1 is 1.15 bits per heavy atom. The van der Waals surface area contributed by atoms with Gasteiger partial charge in [0.15, 0.2) is 11.6 Å². The van der Waals surface area contributed by atoms with E-state index in [9.17, 15) is 5.26 Å². The van der Waals surface area contributed by atoms with Crippen molar-refractivity contribution in [2.24, 2.45) is 7.05 Å². The fourth-order valence-electron chi connectivity index (χ4n) is 4.39. The Kier molecular flexibility index (Phi) is 5.79. The lowest BCUT2D eigenvalue weighted by atomic mass is 10.0. The second-order valence-corrected chi connectivity index (χ2v) is 9.22. The van der Waals surface area contributed by atoms with Gasteiger partial charge in [-0.3, -0.25) is 4.68 Å². The summed E-state index contributed by atoms with van der Waals surface area (Å²) in [5.41, 5.74) is 4.46. The molecular formula is C24H30N10. The van der Waals surface area contributed by atoms with E-state index in [0.717, 1.165) is 60.9 Å². The Balaban J connectivity index is 1.48. The molecule has 176 valence electrons. The molecule has 2 fully saturated rings. The third kappa shape index (κ3) is 4.52. The maximum absolute atomic E-state index is 9.57. The first kappa shape index (κ1) is 22.1. The first-order valence-corrected chi connectivity index (χ1v) is 11.7. The fourth-order valence-corrected chi connectivity index (χ4v) is 4.39. The summed E-state index contributed by atoms with van der Waals surface area (Å²) in [7, 11) is 1.92. The molecule has 10 nitrogen and oxygen atoms in total. The van der Waals surface area contributed by atoms with Crippen LogP contribution in [0.15, 0.2) is 18.3 Å². The van der Waals surface area contributed by atoms with E-state index in [-0.39, 0.29) is 0 Å². The van der Waals surface area contributed by atoms with Crippen LogP contribution in [-0.2, 0) is 7.05 Å². The van der Waals surface area contributed by atoms with E-state index in [1.165, 1.54) is 0 Å². The molecule has 0 bridgehead atoms. The summed E-state index contributed by atoms with van der Waals surface area (Å²) in [5, 5.41) is 24.2. The molecule has 0 radical (unpaired) electrons. The number of piperazine rings is 1. The number of aryl methyl sites for hydroxylation is 3. The molecule has 3 aromatic heterocycles. The van der Waals surface area contributed by atoms with Crippen LogP contribution in [0.5, 0.6) is 0 Å². The SMILES string of the molecule is Cc1nc(Nc2ncc(N3CCN[C@H](C)C3)c(Nc3cc(C)n(C)n3)n2)cc(C2CC2)c1C#N. The van der Waals surface area contributed by atoms with Crippen molar-refractivity contribution in [2.75, 3.05) is 35.2 Å². The number of nitrogens with one attached hydrogen (secondary N) is 3. The van der Waals surface area contributed by atoms with Crippen LogP contribution in [0.2, 0.25) is 0 Å². The fraction of sp³-hybridized carbons (Fsp3) is 0.458. The summed E-state index contributed by atoms with van der Waals surface area (Å²) in [4.78, 5) is 16.3. The lowest BCUT2D eigenvalue weighted by Gasteiger charge is -2.34. The zero-order valence-corrected chi connectivity index (χ0v) is 20.1. The van der Waals surface area contributed by atoms with Crippen LogP contribution in [0, 0.1) is 25.2 Å². The van der Waals surface area contributed by atoms with Crippen molar-refractivity contribution in [3.63, 3.8) is 0 Å². The van der Waals surface area contributed by atoms with Gasteiger partial charge in [0.05, 0.1) is 23.1 Å². The predicted octanol–water partition coefficient (Wildman–Crippen LogP) is 3.26. The highest BCUT2D eigenvalue weighted by molar-refractivity contribution is 5.72. The molecule has 10 heteroatoms. The number of hydrogen-bond donors (Lipinski definition) is 3. The van der Waals surface area contributed by atoms with Gasteiger partial charge in [-0.2, -0.15) is 15.3 Å². The van der Waals surface area contributed by atoms with Crippen molar-refractivity contribution >= 4 is 29.1 Å². The molecule has 0 amide bonds. The third-order valence-electron chi connectivity index (χ3n) is 6.44. The molecular weight excluding hydrogens is 428 g/mol. The minimum absolute atomic E-state index is 0.378. The summed E-state index contributed by atoms with van der Waals surface area (Å²) in [6, 6.07) is 6.65. The Bertz CT molecular complexity index is 1230. The number of pyridine rings is 1. The van der Waals surface area contributed by atoms with Crippen molar-refractivity contribution in [3.05, 3.63) is 40.8 Å². The lowest BCUT2D eigenvalue weighted by molar-refractivity contribution is 0.484. The third-order valence-corrected chi connectivity index (χ3v) is 6.44. The maximum atomic E-state index is 9.57. The highest BCUT2D eigenvalue weighted by Crippen LogP contribution is 2.43. The number of nitriles is 1. The molecule has 1 aliphatic heterocycles. The highest BCUT2D eigenvalue weighted by atomic mass is 15.3. The zero-order valence-electron chi connectivity index (χ0n) is 20.1. The number of aromatic nitrogens is 5. The van der Waals surface area contributed by atoms with Crippen LogP contribution in [0.3, 0.4) is 0 Å². The van der Waals surface area contributed by atoms with Gasteiger partial charge in [-0.25, -0.2) is 9.97 Å². The van der Waals surface area contributed by atoms with Crippen molar-refractivity contribution in [1.29, 1.82) is 5.26 Å². The van der Waals surface area contributed by atoms with Gasteiger partial charge in [-0.05, 0) is 51.2 Å². The van der Waals surface area contributed by atoms with Gasteiger partial charge in [0.25, 0.3) is 0 Å². The van der Waals surface area contributed by atoms with Gasteiger partial charge >= 0.3 is 0 Å². The van der Waals surface area contributed by atoms with Crippen LogP contribution in [0.4, 0.5) is 29.1 Å². The van der Waals surface area contributed by atoms with Crippen LogP contribution < -0.4 is 20.9 Å². The summed E-state index contributed by atoms with van der Waals surface area (Å²) < 4.78 is 1.83. The zero-order chi connectivity index (χ0) is 23.8. The van der Waals surface area contributed by atoms with E-state index in [0.29, 0.717) is 35.1 Å². The van der Waals surface area contributed by atoms with Crippen molar-refractivity contribution < 1.29 is 0 Å². The van der Waals surface area contributed by atoms with Crippen molar-refractivity contribution in [3.8, 4) is 6.07 Å². The van der Waals surface area contributed by atoms with Gasteiger partial charge in [0.1, 0.15) is 11.9 Å². The first-order chi connectivity index (χ1) is 16.4. The van der Waals surface area contributed by atoms with Gasteiger partial charge in [0.2, 0.25) is 5.95 Å². The molecule has 34 heavy (non-hydrogen) atoms. The van der Waals surface area contributed by atoms with E-state index in [2.05, 4.69) is 48.9 Å². The molecule has 1 saturated heterocycles. The average molecular weight is 459 g/mol. The summed E-state index contributed by atoms with van der Waals surface area (Å²) in [5.74, 6) is 2.97. The Labute approximate surface area is 199 Å². The van der Waals surface area contributed by atoms with Crippen molar-refractivity contribution in [1.82, 2.24) is 30.0 Å². The Morgan fingerprint density at radius 3 is 2.65 bits per heavy atom. The molecule has 0 spiro atoms. The van der Waals surface area contributed by atoms with Crippen molar-refractivity contribution in [2.45, 2.75) is 45.6 Å². The standard InChI is InChI=1S/C24H30N10/c1-14-13-34(8-7-26-14)20-12-27-24(31-23(20)29-22-9-15(2)33(4)32-22)30-21-10-18(17-5-6-17)19(11-25)16(3)28-21/h9-10,12,14,17,26H,5-8,13H2,1-4H3,(H2,27,28,29,30,31,32)/t14-/m1/s1. The molecule has 1 aliphatic carbocycles. The lowest BCUT2D eigenvalue weighted by Crippen LogP contribution is -2.49. The number of anilines is 5. The molecule has 0 unspecified atom stereocenters. The Hall–Kier alpha value is -3.71. The second kappa shape index (κ2) is 8.91. The van der Waals surface area contributed by atoms with Gasteiger partial charge in [-0.15, -0.1) is 0 Å². The van der Waals surface area contributed by atoms with E-state index in [1.54, 1.807) is 0 Å². The van der Waals surface area contributed by atoms with Crippen LogP contribution in [-0.4, -0.2) is 50.4 Å². The van der Waals surface area contributed by atoms with Crippen LogP contribution in [0.1, 0.15) is 48.2 Å². The Morgan fingerprint density at radius 2 is 1.97 bits per heavy atom. The molecule has 5 rings (SSSR count).